The summed E-state index contributed by atoms with van der Waals surface area (Å²) >= 11 is 1.65. The number of nitrogens with one attached hydrogen (secondary N) is 1. The van der Waals surface area contributed by atoms with Gasteiger partial charge in [-0.2, -0.15) is 0 Å². The molecule has 0 aliphatic rings. The van der Waals surface area contributed by atoms with E-state index in [-0.39, 0.29) is 11.9 Å². The molecule has 1 atom stereocenters. The Morgan fingerprint density at radius 2 is 2.00 bits per heavy atom. The summed E-state index contributed by atoms with van der Waals surface area (Å²) in [5.41, 5.74) is 3.44. The molecule has 22 heavy (non-hydrogen) atoms. The molecule has 1 N–H and O–H groups in total. The van der Waals surface area contributed by atoms with Crippen LogP contribution in [0.25, 0.3) is 11.3 Å². The number of amides is 1. The molecule has 2 aromatic rings. The Balaban J connectivity index is 1.96. The minimum absolute atomic E-state index is 0.0306. The highest BCUT2D eigenvalue weighted by atomic mass is 32.1. The lowest BCUT2D eigenvalue weighted by Gasteiger charge is -2.12. The van der Waals surface area contributed by atoms with Crippen molar-refractivity contribution in [2.75, 3.05) is 19.0 Å². The van der Waals surface area contributed by atoms with E-state index in [1.165, 1.54) is 5.56 Å². The highest BCUT2D eigenvalue weighted by Gasteiger charge is 2.07. The maximum atomic E-state index is 11.0. The van der Waals surface area contributed by atoms with Gasteiger partial charge in [0.25, 0.3) is 0 Å². The van der Waals surface area contributed by atoms with Crippen LogP contribution < -0.4 is 10.2 Å². The van der Waals surface area contributed by atoms with Gasteiger partial charge in [0.1, 0.15) is 0 Å². The van der Waals surface area contributed by atoms with E-state index >= 15 is 0 Å². The van der Waals surface area contributed by atoms with Crippen LogP contribution in [0.2, 0.25) is 0 Å². The molecule has 1 aromatic heterocycles. The summed E-state index contributed by atoms with van der Waals surface area (Å²) in [4.78, 5) is 17.6. The first kappa shape index (κ1) is 16.5. The number of carbonyl (C=O) groups is 1. The van der Waals surface area contributed by atoms with Crippen LogP contribution in [0.3, 0.4) is 0 Å². The third-order valence-electron chi connectivity index (χ3n) is 3.44. The van der Waals surface area contributed by atoms with Gasteiger partial charge in [0.05, 0.1) is 5.69 Å². The van der Waals surface area contributed by atoms with Gasteiger partial charge in [0, 0.05) is 38.0 Å². The number of nitrogens with zero attached hydrogens (tertiary/aromatic N) is 2. The molecule has 1 aromatic carbocycles. The molecular weight excluding hydrogens is 294 g/mol. The predicted octanol–water partition coefficient (Wildman–Crippen LogP) is 3.33. The van der Waals surface area contributed by atoms with Gasteiger partial charge in [-0.3, -0.25) is 4.79 Å². The van der Waals surface area contributed by atoms with Crippen LogP contribution in [-0.4, -0.2) is 31.0 Å². The number of hydrogen-bond acceptors (Lipinski definition) is 4. The van der Waals surface area contributed by atoms with Crippen molar-refractivity contribution in [1.29, 1.82) is 0 Å². The molecule has 0 fully saturated rings. The minimum Gasteiger partial charge on any atom is -0.354 e. The Bertz CT molecular complexity index is 619. The fraction of sp³-hybridized carbons (Fsp3) is 0.412. The van der Waals surface area contributed by atoms with E-state index in [9.17, 15) is 4.79 Å². The number of aryl methyl sites for hydroxylation is 1. The monoisotopic (exact) mass is 317 g/mol. The number of benzene rings is 1. The number of rotatable bonds is 6. The van der Waals surface area contributed by atoms with Crippen molar-refractivity contribution >= 4 is 22.4 Å². The van der Waals surface area contributed by atoms with E-state index in [1.54, 1.807) is 18.3 Å². The smallest absolute Gasteiger partial charge is 0.217 e. The largest absolute Gasteiger partial charge is 0.354 e. The molecule has 0 spiro atoms. The Labute approximate surface area is 136 Å². The van der Waals surface area contributed by atoms with Crippen LogP contribution in [0.5, 0.6) is 0 Å². The molecule has 0 bridgehead atoms. The number of anilines is 1. The average molecular weight is 317 g/mol. The number of thiazole rings is 1. The van der Waals surface area contributed by atoms with Crippen LogP contribution >= 0.6 is 11.3 Å². The van der Waals surface area contributed by atoms with Crippen LogP contribution in [-0.2, 0) is 11.2 Å². The summed E-state index contributed by atoms with van der Waals surface area (Å²) < 4.78 is 0. The summed E-state index contributed by atoms with van der Waals surface area (Å²) in [6.45, 7) is 3.59. The molecule has 5 heteroatoms. The zero-order valence-electron chi connectivity index (χ0n) is 13.6. The zero-order chi connectivity index (χ0) is 16.1. The topological polar surface area (TPSA) is 45.2 Å². The minimum atomic E-state index is 0.0306. The van der Waals surface area contributed by atoms with Crippen LogP contribution in [0.15, 0.2) is 29.6 Å². The van der Waals surface area contributed by atoms with E-state index in [0.29, 0.717) is 0 Å². The van der Waals surface area contributed by atoms with Gasteiger partial charge in [-0.1, -0.05) is 24.3 Å². The third-order valence-corrected chi connectivity index (χ3v) is 4.45. The second-order valence-corrected chi connectivity index (χ2v) is 6.58. The van der Waals surface area contributed by atoms with Crippen molar-refractivity contribution in [1.82, 2.24) is 10.3 Å². The second-order valence-electron chi connectivity index (χ2n) is 5.75. The number of hydrogen-bond donors (Lipinski definition) is 1. The Kier molecular flexibility index (Phi) is 5.55. The normalized spacial score (nSPS) is 12.0. The Hall–Kier alpha value is -1.88. The first-order valence-corrected chi connectivity index (χ1v) is 8.33. The molecule has 4 nitrogen and oxygen atoms in total. The van der Waals surface area contributed by atoms with Gasteiger partial charge >= 0.3 is 0 Å². The standard InChI is InChI=1S/C17H23N3OS/c1-12(18-13(2)21)5-6-14-7-9-15(10-8-14)16-11-22-17(19-16)20(3)4/h7-12H,5-6H2,1-4H3,(H,18,21)/t12-/m0/s1. The molecule has 1 amide bonds. The molecule has 0 unspecified atom stereocenters. The first-order valence-electron chi connectivity index (χ1n) is 7.45. The van der Waals surface area contributed by atoms with Gasteiger partial charge in [0.2, 0.25) is 5.91 Å². The van der Waals surface area contributed by atoms with Crippen molar-refractivity contribution < 1.29 is 4.79 Å². The van der Waals surface area contributed by atoms with E-state index in [1.807, 2.05) is 25.9 Å². The maximum Gasteiger partial charge on any atom is 0.217 e. The van der Waals surface area contributed by atoms with Gasteiger partial charge in [-0.15, -0.1) is 11.3 Å². The van der Waals surface area contributed by atoms with E-state index in [2.05, 4.69) is 39.9 Å². The van der Waals surface area contributed by atoms with Crippen LogP contribution in [0.1, 0.15) is 25.8 Å². The molecule has 0 saturated carbocycles. The number of aromatic nitrogens is 1. The number of carbonyl (C=O) groups excluding carboxylic acids is 1. The fourth-order valence-electron chi connectivity index (χ4n) is 2.25. The fourth-order valence-corrected chi connectivity index (χ4v) is 3.01. The molecule has 0 radical (unpaired) electrons. The Morgan fingerprint density at radius 1 is 1.32 bits per heavy atom. The van der Waals surface area contributed by atoms with Gasteiger partial charge in [-0.05, 0) is 25.3 Å². The molecule has 1 heterocycles. The van der Waals surface area contributed by atoms with Crippen LogP contribution in [0.4, 0.5) is 5.13 Å². The summed E-state index contributed by atoms with van der Waals surface area (Å²) in [5.74, 6) is 0.0306. The zero-order valence-corrected chi connectivity index (χ0v) is 14.4. The quantitative estimate of drug-likeness (QED) is 0.889. The molecule has 0 aliphatic heterocycles. The SMILES string of the molecule is CC(=O)N[C@@H](C)CCc1ccc(-c2csc(N(C)C)n2)cc1. The highest BCUT2D eigenvalue weighted by Crippen LogP contribution is 2.26. The van der Waals surface area contributed by atoms with Crippen molar-refractivity contribution in [3.05, 3.63) is 35.2 Å². The summed E-state index contributed by atoms with van der Waals surface area (Å²) in [7, 11) is 4.00. The lowest BCUT2D eigenvalue weighted by molar-refractivity contribution is -0.119. The van der Waals surface area contributed by atoms with Crippen molar-refractivity contribution in [2.24, 2.45) is 0 Å². The van der Waals surface area contributed by atoms with E-state index in [4.69, 9.17) is 0 Å². The van der Waals surface area contributed by atoms with Crippen molar-refractivity contribution in [3.8, 4) is 11.3 Å². The average Bonchev–Trinajstić information content (AvgIpc) is 2.95. The summed E-state index contributed by atoms with van der Waals surface area (Å²) in [5, 5.41) is 6.01. The van der Waals surface area contributed by atoms with Crippen molar-refractivity contribution in [2.45, 2.75) is 32.7 Å². The summed E-state index contributed by atoms with van der Waals surface area (Å²) in [6, 6.07) is 8.73. The van der Waals surface area contributed by atoms with Gasteiger partial charge < -0.3 is 10.2 Å². The molecule has 0 saturated heterocycles. The first-order chi connectivity index (χ1) is 10.5. The predicted molar refractivity (Wildman–Crippen MR) is 93.5 cm³/mol. The highest BCUT2D eigenvalue weighted by molar-refractivity contribution is 7.14. The molecule has 0 aliphatic carbocycles. The maximum absolute atomic E-state index is 11.0. The van der Waals surface area contributed by atoms with Crippen LogP contribution in [0, 0.1) is 0 Å². The van der Waals surface area contributed by atoms with E-state index in [0.717, 1.165) is 29.2 Å². The lowest BCUT2D eigenvalue weighted by atomic mass is 10.0. The lowest BCUT2D eigenvalue weighted by Crippen LogP contribution is -2.30. The summed E-state index contributed by atoms with van der Waals surface area (Å²) in [6.07, 6.45) is 1.90. The van der Waals surface area contributed by atoms with Crippen molar-refractivity contribution in [3.63, 3.8) is 0 Å². The van der Waals surface area contributed by atoms with E-state index < -0.39 is 0 Å². The van der Waals surface area contributed by atoms with Gasteiger partial charge in [-0.25, -0.2) is 4.98 Å². The molecular formula is C17H23N3OS. The molecule has 2 rings (SSSR count). The third kappa shape index (κ3) is 4.56. The second kappa shape index (κ2) is 7.40. The molecule has 118 valence electrons. The Morgan fingerprint density at radius 3 is 2.55 bits per heavy atom. The van der Waals surface area contributed by atoms with Gasteiger partial charge in [0.15, 0.2) is 5.13 Å².